The Labute approximate surface area is 122 Å². The van der Waals surface area contributed by atoms with E-state index < -0.39 is 12.0 Å². The molecule has 0 spiro atoms. The summed E-state index contributed by atoms with van der Waals surface area (Å²) in [7, 11) is 0. The lowest BCUT2D eigenvalue weighted by Crippen LogP contribution is -2.44. The quantitative estimate of drug-likeness (QED) is 0.887. The summed E-state index contributed by atoms with van der Waals surface area (Å²) in [6, 6.07) is 6.32. The average molecular weight is 297 g/mol. The molecule has 0 aliphatic carbocycles. The van der Waals surface area contributed by atoms with Gasteiger partial charge in [-0.1, -0.05) is 23.7 Å². The number of nitrogens with zero attached hydrogens (tertiary/aromatic N) is 1. The van der Waals surface area contributed by atoms with Crippen LogP contribution in [0.1, 0.15) is 30.9 Å². The Bertz CT molecular complexity index is 521. The van der Waals surface area contributed by atoms with Crippen LogP contribution in [0.25, 0.3) is 0 Å². The van der Waals surface area contributed by atoms with Crippen molar-refractivity contribution in [3.63, 3.8) is 0 Å². The van der Waals surface area contributed by atoms with Crippen LogP contribution in [0.5, 0.6) is 0 Å². The first-order chi connectivity index (χ1) is 9.49. The van der Waals surface area contributed by atoms with Gasteiger partial charge < -0.3 is 15.7 Å². The molecule has 2 rings (SSSR count). The lowest BCUT2D eigenvalue weighted by atomic mass is 10.0. The average Bonchev–Trinajstić information content (AvgIpc) is 2.86. The topological polar surface area (TPSA) is 83.6 Å². The van der Waals surface area contributed by atoms with E-state index in [4.69, 9.17) is 22.4 Å². The number of likely N-dealkylation sites (tertiary alicyclic amines) is 1. The lowest BCUT2D eigenvalue weighted by molar-refractivity contribution is -0.142. The molecule has 1 aliphatic heterocycles. The minimum absolute atomic E-state index is 0.0685. The van der Waals surface area contributed by atoms with Crippen molar-refractivity contribution in [3.8, 4) is 0 Å². The van der Waals surface area contributed by atoms with Crippen LogP contribution >= 0.6 is 11.6 Å². The number of amides is 1. The fourth-order valence-electron chi connectivity index (χ4n) is 2.58. The molecule has 1 aliphatic rings. The Balaban J connectivity index is 2.15. The molecule has 1 aromatic carbocycles. The van der Waals surface area contributed by atoms with Gasteiger partial charge in [-0.3, -0.25) is 9.59 Å². The third-order valence-electron chi connectivity index (χ3n) is 3.48. The zero-order valence-corrected chi connectivity index (χ0v) is 11.7. The number of aliphatic carboxylic acids is 1. The summed E-state index contributed by atoms with van der Waals surface area (Å²) in [4.78, 5) is 24.6. The van der Waals surface area contributed by atoms with Gasteiger partial charge in [0.05, 0.1) is 18.5 Å². The number of carbonyl (C=O) groups excluding carboxylic acids is 1. The molecule has 0 aromatic heterocycles. The first-order valence-corrected chi connectivity index (χ1v) is 6.90. The maximum Gasteiger partial charge on any atom is 0.305 e. The predicted molar refractivity (Wildman–Crippen MR) is 75.4 cm³/mol. The van der Waals surface area contributed by atoms with Gasteiger partial charge in [-0.05, 0) is 30.5 Å². The van der Waals surface area contributed by atoms with Gasteiger partial charge in [-0.15, -0.1) is 0 Å². The second kappa shape index (κ2) is 6.24. The molecule has 0 radical (unpaired) electrons. The number of carboxylic acid groups (broad SMARTS) is 1. The van der Waals surface area contributed by atoms with Crippen LogP contribution in [-0.4, -0.2) is 34.5 Å². The van der Waals surface area contributed by atoms with Gasteiger partial charge in [0.25, 0.3) is 0 Å². The van der Waals surface area contributed by atoms with Gasteiger partial charge in [0.2, 0.25) is 5.91 Å². The molecular formula is C14H17ClN2O3. The fraction of sp³-hybridized carbons (Fsp3) is 0.429. The van der Waals surface area contributed by atoms with Crippen molar-refractivity contribution in [1.29, 1.82) is 0 Å². The Morgan fingerprint density at radius 3 is 2.90 bits per heavy atom. The highest BCUT2D eigenvalue weighted by Crippen LogP contribution is 2.33. The van der Waals surface area contributed by atoms with Crippen molar-refractivity contribution in [3.05, 3.63) is 34.9 Å². The summed E-state index contributed by atoms with van der Waals surface area (Å²) in [6.45, 7) is 0.601. The van der Waals surface area contributed by atoms with Gasteiger partial charge in [0, 0.05) is 11.6 Å². The molecule has 6 heteroatoms. The highest BCUT2D eigenvalue weighted by molar-refractivity contribution is 6.30. The summed E-state index contributed by atoms with van der Waals surface area (Å²) in [6.07, 6.45) is 1.37. The molecular weight excluding hydrogens is 280 g/mol. The van der Waals surface area contributed by atoms with E-state index in [0.717, 1.165) is 18.4 Å². The van der Waals surface area contributed by atoms with Gasteiger partial charge in [-0.2, -0.15) is 0 Å². The van der Waals surface area contributed by atoms with Crippen LogP contribution in [0, 0.1) is 0 Å². The Hall–Kier alpha value is -1.59. The first-order valence-electron chi connectivity index (χ1n) is 6.52. The van der Waals surface area contributed by atoms with E-state index in [2.05, 4.69) is 0 Å². The predicted octanol–water partition coefficient (Wildman–Crippen LogP) is 1.81. The molecule has 2 unspecified atom stereocenters. The number of carboxylic acids is 1. The van der Waals surface area contributed by atoms with Crippen LogP contribution in [0.2, 0.25) is 5.02 Å². The number of rotatable bonds is 4. The highest BCUT2D eigenvalue weighted by Gasteiger charge is 2.33. The number of hydrogen-bond acceptors (Lipinski definition) is 3. The van der Waals surface area contributed by atoms with E-state index in [1.54, 1.807) is 11.0 Å². The zero-order chi connectivity index (χ0) is 14.7. The second-order valence-corrected chi connectivity index (χ2v) is 5.39. The van der Waals surface area contributed by atoms with Crippen molar-refractivity contribution >= 4 is 23.5 Å². The van der Waals surface area contributed by atoms with Crippen LogP contribution in [0.15, 0.2) is 24.3 Å². The van der Waals surface area contributed by atoms with Gasteiger partial charge in [0.1, 0.15) is 0 Å². The fourth-order valence-corrected chi connectivity index (χ4v) is 2.78. The van der Waals surface area contributed by atoms with Crippen LogP contribution in [0.3, 0.4) is 0 Å². The smallest absolute Gasteiger partial charge is 0.305 e. The molecule has 3 N–H and O–H groups in total. The molecule has 5 nitrogen and oxygen atoms in total. The van der Waals surface area contributed by atoms with Gasteiger partial charge >= 0.3 is 5.97 Å². The summed E-state index contributed by atoms with van der Waals surface area (Å²) in [5, 5.41) is 9.35. The minimum Gasteiger partial charge on any atom is -0.481 e. The molecule has 20 heavy (non-hydrogen) atoms. The zero-order valence-electron chi connectivity index (χ0n) is 11.0. The van der Waals surface area contributed by atoms with E-state index in [1.807, 2.05) is 18.2 Å². The van der Waals surface area contributed by atoms with Crippen molar-refractivity contribution in [2.45, 2.75) is 31.3 Å². The summed E-state index contributed by atoms with van der Waals surface area (Å²) in [5.74, 6) is -1.38. The molecule has 1 heterocycles. The third kappa shape index (κ3) is 3.29. The van der Waals surface area contributed by atoms with Crippen LogP contribution in [0.4, 0.5) is 0 Å². The molecule has 1 aromatic rings. The molecule has 1 fully saturated rings. The molecule has 0 saturated carbocycles. The number of nitrogens with two attached hydrogens (primary N) is 1. The van der Waals surface area contributed by atoms with E-state index in [-0.39, 0.29) is 18.4 Å². The summed E-state index contributed by atoms with van der Waals surface area (Å²) >= 11 is 5.98. The molecule has 0 bridgehead atoms. The SMILES string of the molecule is NC(CC(=O)O)C(=O)N1CCCC1c1cccc(Cl)c1. The van der Waals surface area contributed by atoms with Crippen molar-refractivity contribution in [1.82, 2.24) is 4.90 Å². The normalized spacial score (nSPS) is 19.9. The largest absolute Gasteiger partial charge is 0.481 e. The minimum atomic E-state index is -1.07. The van der Waals surface area contributed by atoms with Gasteiger partial charge in [-0.25, -0.2) is 0 Å². The molecule has 1 saturated heterocycles. The number of benzene rings is 1. The van der Waals surface area contributed by atoms with E-state index >= 15 is 0 Å². The van der Waals surface area contributed by atoms with Crippen molar-refractivity contribution < 1.29 is 14.7 Å². The maximum atomic E-state index is 12.3. The first kappa shape index (κ1) is 14.8. The standard InChI is InChI=1S/C14H17ClN2O3/c15-10-4-1-3-9(7-10)12-5-2-6-17(12)14(20)11(16)8-13(18)19/h1,3-4,7,11-12H,2,5-6,8,16H2,(H,18,19). The van der Waals surface area contributed by atoms with Crippen molar-refractivity contribution in [2.24, 2.45) is 5.73 Å². The lowest BCUT2D eigenvalue weighted by Gasteiger charge is -2.27. The van der Waals surface area contributed by atoms with E-state index in [1.165, 1.54) is 0 Å². The van der Waals surface area contributed by atoms with E-state index in [0.29, 0.717) is 11.6 Å². The van der Waals surface area contributed by atoms with E-state index in [9.17, 15) is 9.59 Å². The Morgan fingerprint density at radius 2 is 2.25 bits per heavy atom. The maximum absolute atomic E-state index is 12.3. The number of carbonyl (C=O) groups is 2. The molecule has 108 valence electrons. The van der Waals surface area contributed by atoms with Crippen LogP contribution < -0.4 is 5.73 Å². The Morgan fingerprint density at radius 1 is 1.50 bits per heavy atom. The molecule has 2 atom stereocenters. The number of hydrogen-bond donors (Lipinski definition) is 2. The third-order valence-corrected chi connectivity index (χ3v) is 3.72. The highest BCUT2D eigenvalue weighted by atomic mass is 35.5. The summed E-state index contributed by atoms with van der Waals surface area (Å²) in [5.41, 5.74) is 6.63. The summed E-state index contributed by atoms with van der Waals surface area (Å²) < 4.78 is 0. The monoisotopic (exact) mass is 296 g/mol. The Kier molecular flexibility index (Phi) is 4.62. The second-order valence-electron chi connectivity index (χ2n) is 4.95. The molecule has 1 amide bonds. The van der Waals surface area contributed by atoms with Crippen LogP contribution in [-0.2, 0) is 9.59 Å². The number of halogens is 1. The van der Waals surface area contributed by atoms with Crippen molar-refractivity contribution in [2.75, 3.05) is 6.54 Å². The van der Waals surface area contributed by atoms with Gasteiger partial charge in [0.15, 0.2) is 0 Å².